The Kier molecular flexibility index (Phi) is 36.3. The number of likely N-dealkylation sites (N-methyl/N-ethyl adjacent to an activating group) is 3. The number of phenolic OH excluding ortho intramolecular Hbond substituents is 2. The van der Waals surface area contributed by atoms with Gasteiger partial charge in [-0.15, -0.1) is 11.8 Å². The van der Waals surface area contributed by atoms with E-state index in [1.165, 1.54) is 61.3 Å². The van der Waals surface area contributed by atoms with E-state index in [4.69, 9.17) is 5.73 Å². The molecule has 35 nitrogen and oxygen atoms in total. The van der Waals surface area contributed by atoms with Crippen molar-refractivity contribution in [3.63, 3.8) is 0 Å². The van der Waals surface area contributed by atoms with Crippen molar-refractivity contribution < 1.29 is 92.0 Å². The van der Waals surface area contributed by atoms with Crippen LogP contribution in [0.4, 0.5) is 5.69 Å². The van der Waals surface area contributed by atoms with Crippen molar-refractivity contribution in [3.05, 3.63) is 197 Å². The maximum absolute atomic E-state index is 15.5. The van der Waals surface area contributed by atoms with Gasteiger partial charge in [0.1, 0.15) is 84.5 Å². The van der Waals surface area contributed by atoms with Crippen molar-refractivity contribution >= 4 is 123 Å². The van der Waals surface area contributed by atoms with E-state index < -0.39 is 199 Å². The molecule has 1 aromatic heterocycles. The Balaban J connectivity index is 1.11. The number of nitrogens with two attached hydrogens (primary N) is 1. The van der Waals surface area contributed by atoms with Gasteiger partial charge in [-0.1, -0.05) is 174 Å². The van der Waals surface area contributed by atoms with Gasteiger partial charge in [-0.3, -0.25) is 76.7 Å². The Morgan fingerprint density at radius 2 is 1.10 bits per heavy atom. The zero-order valence-electron chi connectivity index (χ0n) is 73.7. The number of carboxylic acid groups (broad SMARTS) is 1. The van der Waals surface area contributed by atoms with Crippen LogP contribution < -0.4 is 63.8 Å². The zero-order valence-corrected chi connectivity index (χ0v) is 74.5. The number of benzene rings is 6. The minimum atomic E-state index is -1.90. The van der Waals surface area contributed by atoms with Crippen LogP contribution in [0.5, 0.6) is 11.5 Å². The molecule has 0 aliphatic carbocycles. The molecule has 2 aliphatic heterocycles. The van der Waals surface area contributed by atoms with E-state index >= 15 is 33.6 Å². The van der Waals surface area contributed by atoms with Crippen LogP contribution in [0.3, 0.4) is 0 Å². The van der Waals surface area contributed by atoms with E-state index in [1.807, 2.05) is 6.92 Å². The largest absolute Gasteiger partial charge is 0.508 e. The second-order valence-corrected chi connectivity index (χ2v) is 34.4. The van der Waals surface area contributed by atoms with Crippen molar-refractivity contribution in [1.29, 1.82) is 0 Å². The molecule has 688 valence electrons. The Morgan fingerprint density at radius 3 is 1.76 bits per heavy atom. The third-order valence-corrected chi connectivity index (χ3v) is 23.4. The lowest BCUT2D eigenvalue weighted by atomic mass is 9.95. The Hall–Kier alpha value is -13.7. The molecular formula is C93H116N16O19S. The summed E-state index contributed by atoms with van der Waals surface area (Å²) in [5.41, 5.74) is 10.1. The van der Waals surface area contributed by atoms with E-state index in [1.54, 1.807) is 162 Å². The second kappa shape index (κ2) is 47.2. The molecule has 11 atom stereocenters. The number of H-pyrrole nitrogens is 1. The molecule has 7 aromatic rings. The first-order valence-electron chi connectivity index (χ1n) is 42.9. The number of amides is 15. The molecule has 1 saturated heterocycles. The highest BCUT2D eigenvalue weighted by Crippen LogP contribution is 2.32. The fraction of sp³-hybridized carbons (Fsp3) is 0.419. The lowest BCUT2D eigenvalue weighted by molar-refractivity contribution is -0.151. The number of aromatic nitrogens is 1. The Bertz CT molecular complexity index is 5190. The van der Waals surface area contributed by atoms with Crippen LogP contribution in [0.1, 0.15) is 112 Å². The second-order valence-electron chi connectivity index (χ2n) is 33.4. The summed E-state index contributed by atoms with van der Waals surface area (Å²) in [4.78, 5) is 242. The Labute approximate surface area is 752 Å². The topological polar surface area (TPSA) is 509 Å². The summed E-state index contributed by atoms with van der Waals surface area (Å²) in [6.07, 6.45) is 0.330. The van der Waals surface area contributed by atoms with E-state index in [0.29, 0.717) is 57.1 Å². The van der Waals surface area contributed by atoms with Gasteiger partial charge < -0.3 is 98.8 Å². The molecule has 2 aliphatic rings. The molecule has 36 heteroatoms. The zero-order chi connectivity index (χ0) is 93.9. The first-order chi connectivity index (χ1) is 61.4. The number of para-hydroxylation sites is 1. The molecule has 3 heterocycles. The number of aliphatic carboxylic acids is 1. The van der Waals surface area contributed by atoms with E-state index in [-0.39, 0.29) is 86.6 Å². The van der Waals surface area contributed by atoms with Gasteiger partial charge in [0.25, 0.3) is 0 Å². The van der Waals surface area contributed by atoms with Crippen LogP contribution in [0, 0.1) is 18.8 Å². The van der Waals surface area contributed by atoms with Gasteiger partial charge in [-0.2, -0.15) is 0 Å². The first-order valence-corrected chi connectivity index (χ1v) is 44.0. The normalized spacial score (nSPS) is 22.1. The van der Waals surface area contributed by atoms with Crippen LogP contribution in [0.2, 0.25) is 0 Å². The van der Waals surface area contributed by atoms with Crippen LogP contribution in [-0.2, 0) is 115 Å². The van der Waals surface area contributed by atoms with Crippen LogP contribution in [0.25, 0.3) is 10.9 Å². The van der Waals surface area contributed by atoms with Gasteiger partial charge in [0.05, 0.1) is 31.0 Å². The summed E-state index contributed by atoms with van der Waals surface area (Å²) in [5, 5.41) is 58.8. The van der Waals surface area contributed by atoms with Gasteiger partial charge >= 0.3 is 5.97 Å². The number of phenols is 2. The number of aromatic amines is 1. The maximum atomic E-state index is 15.5. The molecule has 15 amide bonds. The van der Waals surface area contributed by atoms with Crippen LogP contribution in [0.15, 0.2) is 158 Å². The van der Waals surface area contributed by atoms with E-state index in [0.717, 1.165) is 27.1 Å². The van der Waals surface area contributed by atoms with Gasteiger partial charge in [0.2, 0.25) is 88.6 Å². The minimum absolute atomic E-state index is 0.0320. The molecule has 1 fully saturated rings. The van der Waals surface area contributed by atoms with Gasteiger partial charge in [-0.05, 0) is 102 Å². The van der Waals surface area contributed by atoms with E-state index in [9.17, 15) is 58.5 Å². The molecule has 0 radical (unpaired) electrons. The van der Waals surface area contributed by atoms with Gasteiger partial charge in [0.15, 0.2) is 0 Å². The van der Waals surface area contributed by atoms with Crippen molar-refractivity contribution in [3.8, 4) is 11.5 Å². The maximum Gasteiger partial charge on any atom is 0.305 e. The number of anilines is 1. The van der Waals surface area contributed by atoms with Crippen molar-refractivity contribution in [2.45, 2.75) is 185 Å². The third kappa shape index (κ3) is 28.9. The molecule has 9 rings (SSSR count). The number of aryl methyl sites for hydroxylation is 2. The predicted molar refractivity (Wildman–Crippen MR) is 481 cm³/mol. The molecular weight excluding hydrogens is 1680 g/mol. The molecule has 6 aromatic carbocycles. The standard InChI is InChI=1S/C93H116N16O19S/c1-10-11-29-74-92(127)106(7)49-78(113)98-70(46-81(116)117)88(123)105-82(54(4)5)89(124)102-68(41-59-26-20-21-55(6)39-59)86(121)103-72-43-60-33-36-63(111)45-75(60)109(91(72)126)50-79(114)97-69(44-61-47-95-65-28-19-18-27-64(61)65)87(122)100-66(37-32-56-30-34-62(110)35-31-56)84(119)101-67(38-53(2)3)85(120)104-73(83(118)96-48-77(94)112)51-129-52-80(115)99-71(40-57-22-14-12-15-23-57)90(125)108(9)76(93(128)107(74)8)42-58-24-16-13-17-25-58/h12-28,30-31,33-36,39,45,47,53-54,66-74,76,82,95,110-111H,10-11,29,32,37-38,40-44,46,48-52H2,1-9H3,(H2,94,112)(H,96,118)(H,97,114)(H,98,113)(H,99,115)(H,100,122)(H,101,119)(H,102,124)(H,103,121)(H,104,120)(H,105,123)(H,116,117)/t66-,67-,68-,69-,70-,71-,72-,73-,74-,76-,82-/m0/s1. The smallest absolute Gasteiger partial charge is 0.305 e. The molecule has 0 spiro atoms. The summed E-state index contributed by atoms with van der Waals surface area (Å²) in [6.45, 7) is 7.88. The number of nitrogens with one attached hydrogen (secondary N) is 11. The number of fused-ring (bicyclic) bond motifs is 5. The van der Waals surface area contributed by atoms with Crippen molar-refractivity contribution in [2.75, 3.05) is 57.2 Å². The fourth-order valence-corrected chi connectivity index (χ4v) is 16.3. The summed E-state index contributed by atoms with van der Waals surface area (Å²) in [6, 6.07) is 24.6. The number of aromatic hydroxyl groups is 2. The quantitative estimate of drug-likeness (QED) is 0.0464. The number of unbranched alkanes of at least 4 members (excludes halogenated alkanes) is 1. The van der Waals surface area contributed by atoms with E-state index in [2.05, 4.69) is 58.2 Å². The number of rotatable bonds is 22. The Morgan fingerprint density at radius 1 is 0.527 bits per heavy atom. The van der Waals surface area contributed by atoms with Crippen LogP contribution in [-0.4, -0.2) is 248 Å². The summed E-state index contributed by atoms with van der Waals surface area (Å²) in [5.74, 6) is -17.6. The number of hydrogen-bond donors (Lipinski definition) is 15. The van der Waals surface area contributed by atoms with Gasteiger partial charge in [0, 0.05) is 82.2 Å². The highest BCUT2D eigenvalue weighted by Gasteiger charge is 2.43. The average Bonchev–Trinajstić information content (AvgIpc) is 1.31. The van der Waals surface area contributed by atoms with Crippen molar-refractivity contribution in [1.82, 2.24) is 72.9 Å². The molecule has 0 unspecified atom stereocenters. The predicted octanol–water partition coefficient (Wildman–Crippen LogP) is 2.57. The lowest BCUT2D eigenvalue weighted by Crippen LogP contribution is -2.61. The highest BCUT2D eigenvalue weighted by molar-refractivity contribution is 8.00. The number of carbonyl (C=O) groups excluding carboxylic acids is 15. The number of primary amides is 1. The molecule has 0 saturated carbocycles. The molecule has 2 bridgehead atoms. The number of nitrogens with zero attached hydrogens (tertiary/aromatic N) is 4. The summed E-state index contributed by atoms with van der Waals surface area (Å²) in [7, 11) is 4.00. The molecule has 129 heavy (non-hydrogen) atoms. The van der Waals surface area contributed by atoms with Crippen LogP contribution >= 0.6 is 11.8 Å². The minimum Gasteiger partial charge on any atom is -0.508 e. The molecule has 16 N–H and O–H groups in total. The average molecular weight is 1790 g/mol. The summed E-state index contributed by atoms with van der Waals surface area (Å²) < 4.78 is 0. The highest BCUT2D eigenvalue weighted by atomic mass is 32.2. The fourth-order valence-electron chi connectivity index (χ4n) is 15.5. The SMILES string of the molecule is CCCC[C@H]1C(=O)N(C)CC(=O)N[C@@H](CC(=O)O)C(=O)N[C@@H](C(C)C)C(=O)N[C@@H](Cc2cccc(C)c2)C(=O)N[C@H]2Cc3ccc(O)cc3N(CC(=O)N[C@@H](Cc3c[nH]c4ccccc34)C(=O)N[C@@H](CCc3ccc(O)cc3)C(=O)N[C@@H](CC(C)C)C(=O)N[C@H](C(=O)NCC(N)=O)CSCC(=O)N[C@@H](Cc3ccccc3)C(=O)N(C)[C@@H](Cc3ccccc3)C(=O)N1C)C2=O. The number of carboxylic acids is 1. The van der Waals surface area contributed by atoms with Crippen molar-refractivity contribution in [2.24, 2.45) is 17.6 Å². The lowest BCUT2D eigenvalue weighted by Gasteiger charge is -2.37. The first kappa shape index (κ1) is 99.1. The summed E-state index contributed by atoms with van der Waals surface area (Å²) >= 11 is 0.832. The third-order valence-electron chi connectivity index (χ3n) is 22.3. The number of carbonyl (C=O) groups is 16. The number of hydrogen-bond acceptors (Lipinski definition) is 19. The van der Waals surface area contributed by atoms with Gasteiger partial charge in [-0.25, -0.2) is 0 Å². The monoisotopic (exact) mass is 1790 g/mol. The number of thioether (sulfide) groups is 1.